The number of carbonyl (C=O) groups excluding carboxylic acids is 4. The van der Waals surface area contributed by atoms with Gasteiger partial charge in [0.1, 0.15) is 24.2 Å². The van der Waals surface area contributed by atoms with Gasteiger partial charge in [-0.2, -0.15) is 0 Å². The number of nitrogens with zero attached hydrogens (tertiary/aromatic N) is 2. The molecule has 1 aliphatic heterocycles. The van der Waals surface area contributed by atoms with E-state index in [4.69, 9.17) is 10.5 Å². The molecule has 2 aromatic heterocycles. The van der Waals surface area contributed by atoms with E-state index in [1.54, 1.807) is 20.0 Å². The molecule has 8 atom stereocenters. The third-order valence-corrected chi connectivity index (χ3v) is 9.52. The summed E-state index contributed by atoms with van der Waals surface area (Å²) in [5.74, 6) is -3.80. The number of aromatic amines is 2. The number of hydrogen-bond acceptors (Lipinski definition) is 10. The van der Waals surface area contributed by atoms with Gasteiger partial charge in [-0.3, -0.25) is 28.7 Å². The number of carboxylic acids is 1. The minimum atomic E-state index is -1.38. The van der Waals surface area contributed by atoms with Crippen molar-refractivity contribution >= 4 is 40.6 Å². The van der Waals surface area contributed by atoms with Gasteiger partial charge in [-0.15, -0.1) is 0 Å². The Bertz CT molecular complexity index is 1910. The quantitative estimate of drug-likeness (QED) is 0.0813. The molecule has 19 nitrogen and oxygen atoms in total. The van der Waals surface area contributed by atoms with Gasteiger partial charge in [0.05, 0.1) is 18.7 Å². The van der Waals surface area contributed by atoms with Crippen molar-refractivity contribution in [1.82, 2.24) is 40.7 Å². The fourth-order valence-electron chi connectivity index (χ4n) is 6.07. The van der Waals surface area contributed by atoms with E-state index in [2.05, 4.69) is 31.2 Å². The molecule has 19 heteroatoms. The number of ether oxygens (including phenoxy) is 1. The standard InChI is InChI=1S/C34H47N9O10/c1-5-17(2)27(41-33(51)38-23(32(49)50)12-19-15-36-22-9-7-6-8-21(19)22)30(48)40-28(18(3)42(4)26(46)14-35)29(47)37-16-20-13-24(44)31(53-20)43-11-10-25(45)39-34(43)52/h6-11,15,17-18,20,23-24,27-28,31,36,44H,5,12-14,16,35H2,1-4H3,(H,37,47)(H,40,48)(H,49,50)(H2,38,41,51)(H,39,45,52)/t17-,18+,20-,23+,24-,27+,28+,31-/m1/s1. The molecule has 1 aromatic carbocycles. The lowest BCUT2D eigenvalue weighted by atomic mass is 9.97. The second kappa shape index (κ2) is 17.8. The normalized spacial score (nSPS) is 19.7. The molecule has 5 amide bonds. The number of benzene rings is 1. The third kappa shape index (κ3) is 9.87. The number of fused-ring (bicyclic) bond motifs is 1. The van der Waals surface area contributed by atoms with Gasteiger partial charge in [0.15, 0.2) is 6.23 Å². The van der Waals surface area contributed by atoms with E-state index in [-0.39, 0.29) is 25.9 Å². The van der Waals surface area contributed by atoms with Crippen LogP contribution < -0.4 is 38.2 Å². The van der Waals surface area contributed by atoms with Gasteiger partial charge in [-0.1, -0.05) is 38.5 Å². The van der Waals surface area contributed by atoms with Crippen molar-refractivity contribution in [3.8, 4) is 0 Å². The lowest BCUT2D eigenvalue weighted by Gasteiger charge is -2.33. The highest BCUT2D eigenvalue weighted by Crippen LogP contribution is 2.27. The first kappa shape index (κ1) is 40.2. The molecule has 53 heavy (non-hydrogen) atoms. The zero-order valence-corrected chi connectivity index (χ0v) is 29.8. The summed E-state index contributed by atoms with van der Waals surface area (Å²) in [4.78, 5) is 95.5. The first-order valence-electron chi connectivity index (χ1n) is 17.2. The topological polar surface area (TPSA) is 283 Å². The highest BCUT2D eigenvalue weighted by molar-refractivity contribution is 5.93. The fraction of sp³-hybridized carbons (Fsp3) is 0.500. The van der Waals surface area contributed by atoms with Crippen molar-refractivity contribution in [2.75, 3.05) is 20.1 Å². The predicted molar refractivity (Wildman–Crippen MR) is 190 cm³/mol. The minimum absolute atomic E-state index is 0.0153. The number of aliphatic carboxylic acids is 1. The van der Waals surface area contributed by atoms with Crippen molar-refractivity contribution in [3.05, 3.63) is 69.1 Å². The van der Waals surface area contributed by atoms with Crippen LogP contribution in [0.25, 0.3) is 10.9 Å². The molecule has 1 fully saturated rings. The summed E-state index contributed by atoms with van der Waals surface area (Å²) in [6.07, 6.45) is 0.162. The largest absolute Gasteiger partial charge is 0.480 e. The molecule has 1 aliphatic rings. The Labute approximate surface area is 303 Å². The second-order valence-electron chi connectivity index (χ2n) is 13.1. The van der Waals surface area contributed by atoms with Crippen molar-refractivity contribution in [2.24, 2.45) is 11.7 Å². The van der Waals surface area contributed by atoms with Crippen LogP contribution in [0.2, 0.25) is 0 Å². The number of nitrogens with two attached hydrogens (primary N) is 1. The molecular weight excluding hydrogens is 694 g/mol. The van der Waals surface area contributed by atoms with E-state index in [1.165, 1.54) is 25.1 Å². The van der Waals surface area contributed by atoms with Gasteiger partial charge in [-0.05, 0) is 24.5 Å². The Hall–Kier alpha value is -5.53. The number of amides is 5. The summed E-state index contributed by atoms with van der Waals surface area (Å²) in [5.41, 5.74) is 5.61. The van der Waals surface area contributed by atoms with Crippen molar-refractivity contribution in [2.45, 2.75) is 82.6 Å². The van der Waals surface area contributed by atoms with E-state index in [9.17, 15) is 43.8 Å². The van der Waals surface area contributed by atoms with Crippen molar-refractivity contribution in [3.63, 3.8) is 0 Å². The maximum atomic E-state index is 13.8. The van der Waals surface area contributed by atoms with Crippen LogP contribution in [0.1, 0.15) is 45.4 Å². The van der Waals surface area contributed by atoms with Crippen LogP contribution >= 0.6 is 0 Å². The molecule has 0 saturated carbocycles. The van der Waals surface area contributed by atoms with Crippen LogP contribution in [-0.2, 0) is 30.3 Å². The van der Waals surface area contributed by atoms with Crippen molar-refractivity contribution < 1.29 is 38.9 Å². The Kier molecular flexibility index (Phi) is 13.5. The zero-order chi connectivity index (χ0) is 39.0. The smallest absolute Gasteiger partial charge is 0.330 e. The molecule has 4 rings (SSSR count). The number of para-hydroxylation sites is 1. The second-order valence-corrected chi connectivity index (χ2v) is 13.1. The van der Waals surface area contributed by atoms with E-state index < -0.39 is 89.5 Å². The van der Waals surface area contributed by atoms with Crippen LogP contribution in [0, 0.1) is 5.92 Å². The Morgan fingerprint density at radius 2 is 1.77 bits per heavy atom. The molecule has 3 heterocycles. The Balaban J connectivity index is 1.47. The summed E-state index contributed by atoms with van der Waals surface area (Å²) >= 11 is 0. The molecule has 3 aromatic rings. The van der Waals surface area contributed by atoms with E-state index in [0.29, 0.717) is 12.0 Å². The number of likely N-dealkylation sites (N-methyl/N-ethyl adjacent to an activating group) is 1. The van der Waals surface area contributed by atoms with Crippen LogP contribution in [0.3, 0.4) is 0 Å². The van der Waals surface area contributed by atoms with Crippen LogP contribution in [0.5, 0.6) is 0 Å². The first-order valence-corrected chi connectivity index (χ1v) is 17.2. The summed E-state index contributed by atoms with van der Waals surface area (Å²) in [7, 11) is 1.41. The third-order valence-electron chi connectivity index (χ3n) is 9.52. The Morgan fingerprint density at radius 3 is 2.43 bits per heavy atom. The maximum absolute atomic E-state index is 13.8. The van der Waals surface area contributed by atoms with E-state index in [0.717, 1.165) is 21.5 Å². The molecule has 288 valence electrons. The van der Waals surface area contributed by atoms with Gasteiger partial charge in [-0.25, -0.2) is 14.4 Å². The lowest BCUT2D eigenvalue weighted by Crippen LogP contribution is -2.63. The van der Waals surface area contributed by atoms with Crippen LogP contribution in [-0.4, -0.2) is 116 Å². The van der Waals surface area contributed by atoms with Crippen molar-refractivity contribution in [1.29, 1.82) is 0 Å². The molecule has 0 bridgehead atoms. The number of aromatic nitrogens is 3. The average molecular weight is 742 g/mol. The summed E-state index contributed by atoms with van der Waals surface area (Å²) in [6.45, 7) is 4.46. The predicted octanol–water partition coefficient (Wildman–Crippen LogP) is -1.52. The molecule has 0 spiro atoms. The number of hydrogen-bond donors (Lipinski definition) is 9. The average Bonchev–Trinajstić information content (AvgIpc) is 3.72. The summed E-state index contributed by atoms with van der Waals surface area (Å²) in [5, 5.41) is 31.6. The SMILES string of the molecule is CC[C@@H](C)[C@H](NC(=O)N[C@@H](Cc1c[nH]c2ccccc12)C(=O)O)C(=O)N[C@H](C(=O)NC[C@H]1C[C@@H](O)[C@H](n2ccc(=O)[nH]c2=O)O1)[C@H](C)N(C)C(=O)CN. The van der Waals surface area contributed by atoms with Gasteiger partial charge >= 0.3 is 17.7 Å². The molecule has 0 radical (unpaired) electrons. The Morgan fingerprint density at radius 1 is 1.06 bits per heavy atom. The molecule has 1 saturated heterocycles. The number of urea groups is 1. The zero-order valence-electron chi connectivity index (χ0n) is 29.8. The van der Waals surface area contributed by atoms with Gasteiger partial charge < -0.3 is 51.8 Å². The van der Waals surface area contributed by atoms with Gasteiger partial charge in [0.2, 0.25) is 17.7 Å². The maximum Gasteiger partial charge on any atom is 0.330 e. The molecule has 0 unspecified atom stereocenters. The summed E-state index contributed by atoms with van der Waals surface area (Å²) in [6, 6.07) is 2.58. The number of nitrogens with one attached hydrogen (secondary N) is 6. The number of carboxylic acid groups (broad SMARTS) is 1. The minimum Gasteiger partial charge on any atom is -0.480 e. The number of aliphatic hydroxyl groups excluding tert-OH is 1. The highest BCUT2D eigenvalue weighted by atomic mass is 16.5. The number of aliphatic hydroxyl groups is 1. The van der Waals surface area contributed by atoms with Crippen LogP contribution in [0.4, 0.5) is 4.79 Å². The number of carbonyl (C=O) groups is 5. The molecule has 10 N–H and O–H groups in total. The molecule has 0 aliphatic carbocycles. The monoisotopic (exact) mass is 741 g/mol. The number of rotatable bonds is 16. The van der Waals surface area contributed by atoms with E-state index >= 15 is 0 Å². The van der Waals surface area contributed by atoms with Crippen LogP contribution in [0.15, 0.2) is 52.3 Å². The van der Waals surface area contributed by atoms with Gasteiger partial charge in [0.25, 0.3) is 5.56 Å². The lowest BCUT2D eigenvalue weighted by molar-refractivity contribution is -0.139. The van der Waals surface area contributed by atoms with E-state index in [1.807, 2.05) is 24.3 Å². The first-order chi connectivity index (χ1) is 25.1. The number of H-pyrrole nitrogens is 2. The summed E-state index contributed by atoms with van der Waals surface area (Å²) < 4.78 is 6.81. The molecular formula is C34H47N9O10. The highest BCUT2D eigenvalue weighted by Gasteiger charge is 2.38. The van der Waals surface area contributed by atoms with Gasteiger partial charge in [0, 0.05) is 55.8 Å². The fourth-order valence-corrected chi connectivity index (χ4v) is 6.07.